The van der Waals surface area contributed by atoms with E-state index in [9.17, 15) is 9.90 Å². The Morgan fingerprint density at radius 2 is 1.70 bits per heavy atom. The monoisotopic (exact) mass is 406 g/mol. The van der Waals surface area contributed by atoms with E-state index in [0.717, 1.165) is 34.7 Å². The van der Waals surface area contributed by atoms with Gasteiger partial charge in [-0.25, -0.2) is 4.79 Å². The van der Waals surface area contributed by atoms with Gasteiger partial charge < -0.3 is 19.7 Å². The van der Waals surface area contributed by atoms with Crippen LogP contribution in [-0.2, 0) is 26.1 Å². The van der Waals surface area contributed by atoms with Gasteiger partial charge >= 0.3 is 5.97 Å². The number of aromatic nitrogens is 1. The molecule has 0 unspecified atom stereocenters. The van der Waals surface area contributed by atoms with Crippen molar-refractivity contribution in [2.45, 2.75) is 46.8 Å². The van der Waals surface area contributed by atoms with Gasteiger partial charge in [0, 0.05) is 36.6 Å². The van der Waals surface area contributed by atoms with Gasteiger partial charge in [0.1, 0.15) is 5.75 Å². The lowest BCUT2D eigenvalue weighted by molar-refractivity contribution is 0.0694. The summed E-state index contributed by atoms with van der Waals surface area (Å²) in [5.41, 5.74) is 6.55. The molecule has 0 amide bonds. The first-order chi connectivity index (χ1) is 14.4. The zero-order valence-electron chi connectivity index (χ0n) is 18.2. The summed E-state index contributed by atoms with van der Waals surface area (Å²) in [5.74, 6) is -0.0894. The van der Waals surface area contributed by atoms with Gasteiger partial charge in [-0.2, -0.15) is 0 Å². The molecule has 0 aliphatic heterocycles. The van der Waals surface area contributed by atoms with Crippen molar-refractivity contribution >= 4 is 5.97 Å². The number of carbonyl (C=O) groups is 1. The molecular weight excluding hydrogens is 376 g/mol. The normalized spacial score (nSPS) is 10.9. The van der Waals surface area contributed by atoms with Gasteiger partial charge in [-0.15, -0.1) is 0 Å². The van der Waals surface area contributed by atoms with Crippen LogP contribution in [0.2, 0.25) is 0 Å². The lowest BCUT2D eigenvalue weighted by atomic mass is 10.1. The van der Waals surface area contributed by atoms with Gasteiger partial charge in [-0.3, -0.25) is 0 Å². The van der Waals surface area contributed by atoms with Crippen molar-refractivity contribution in [2.75, 3.05) is 7.11 Å². The Morgan fingerprint density at radius 3 is 2.33 bits per heavy atom. The first-order valence-corrected chi connectivity index (χ1v) is 10.3. The number of carboxylic acid groups (broad SMARTS) is 1. The number of hydrogen-bond acceptors (Lipinski definition) is 3. The number of rotatable bonds is 9. The van der Waals surface area contributed by atoms with Crippen LogP contribution in [0.25, 0.3) is 0 Å². The molecule has 0 saturated heterocycles. The Labute approximate surface area is 178 Å². The first-order valence-electron chi connectivity index (χ1n) is 10.3. The van der Waals surface area contributed by atoms with Crippen LogP contribution < -0.4 is 10.1 Å². The molecule has 1 aromatic heterocycles. The fraction of sp³-hybridized carbons (Fsp3) is 0.320. The van der Waals surface area contributed by atoms with Crippen LogP contribution in [0.15, 0.2) is 48.5 Å². The smallest absolute Gasteiger partial charge is 0.337 e. The number of hydrogen-bond donors (Lipinski definition) is 2. The molecule has 2 aromatic carbocycles. The van der Waals surface area contributed by atoms with E-state index in [0.29, 0.717) is 25.2 Å². The van der Waals surface area contributed by atoms with Crippen molar-refractivity contribution in [1.29, 1.82) is 0 Å². The molecule has 5 nitrogen and oxygen atoms in total. The van der Waals surface area contributed by atoms with Gasteiger partial charge in [0.15, 0.2) is 0 Å². The number of methoxy groups -OCH3 is 1. The molecule has 3 aromatic rings. The number of benzene rings is 2. The molecule has 0 aliphatic carbocycles. The number of ether oxygens (including phenoxy) is 1. The molecule has 2 N–H and O–H groups in total. The molecule has 0 spiro atoms. The molecule has 0 saturated carbocycles. The van der Waals surface area contributed by atoms with E-state index in [1.54, 1.807) is 7.11 Å². The molecule has 0 fully saturated rings. The topological polar surface area (TPSA) is 63.5 Å². The SMILES string of the molecule is CCc1ccc(CNCc2c(C(=O)O)c(C)n(Cc3cccc(OC)c3)c2C)cc1. The zero-order chi connectivity index (χ0) is 21.7. The number of aryl methyl sites for hydroxylation is 1. The van der Waals surface area contributed by atoms with Crippen LogP contribution in [0.5, 0.6) is 5.75 Å². The van der Waals surface area contributed by atoms with Crippen molar-refractivity contribution in [2.24, 2.45) is 0 Å². The minimum Gasteiger partial charge on any atom is -0.497 e. The van der Waals surface area contributed by atoms with Crippen LogP contribution in [-0.4, -0.2) is 22.8 Å². The molecule has 0 atom stereocenters. The molecule has 3 rings (SSSR count). The van der Waals surface area contributed by atoms with Crippen LogP contribution in [0, 0.1) is 13.8 Å². The second-order valence-corrected chi connectivity index (χ2v) is 7.54. The second-order valence-electron chi connectivity index (χ2n) is 7.54. The van der Waals surface area contributed by atoms with Gasteiger partial charge in [0.25, 0.3) is 0 Å². The minimum atomic E-state index is -0.885. The third kappa shape index (κ3) is 4.74. The van der Waals surface area contributed by atoms with E-state index in [-0.39, 0.29) is 0 Å². The van der Waals surface area contributed by atoms with Crippen molar-refractivity contribution < 1.29 is 14.6 Å². The quantitative estimate of drug-likeness (QED) is 0.540. The van der Waals surface area contributed by atoms with Gasteiger partial charge in [0.2, 0.25) is 0 Å². The molecular formula is C25H30N2O3. The number of nitrogens with one attached hydrogen (secondary N) is 1. The molecule has 5 heteroatoms. The zero-order valence-corrected chi connectivity index (χ0v) is 18.2. The highest BCUT2D eigenvalue weighted by molar-refractivity contribution is 5.91. The summed E-state index contributed by atoms with van der Waals surface area (Å²) in [4.78, 5) is 12.0. The van der Waals surface area contributed by atoms with Crippen molar-refractivity contribution in [1.82, 2.24) is 9.88 Å². The second kappa shape index (κ2) is 9.63. The highest BCUT2D eigenvalue weighted by atomic mass is 16.5. The van der Waals surface area contributed by atoms with Crippen molar-refractivity contribution in [3.05, 3.63) is 87.7 Å². The maximum absolute atomic E-state index is 12.0. The average molecular weight is 407 g/mol. The molecule has 30 heavy (non-hydrogen) atoms. The largest absolute Gasteiger partial charge is 0.497 e. The van der Waals surface area contributed by atoms with Crippen molar-refractivity contribution in [3.8, 4) is 5.75 Å². The Balaban J connectivity index is 1.80. The maximum Gasteiger partial charge on any atom is 0.337 e. The highest BCUT2D eigenvalue weighted by Gasteiger charge is 2.22. The standard InChI is InChI=1S/C25H30N2O3/c1-5-19-9-11-20(12-10-19)14-26-15-23-17(2)27(18(3)24(23)25(28)29)16-21-7-6-8-22(13-21)30-4/h6-13,26H,5,14-16H2,1-4H3,(H,28,29). The first kappa shape index (κ1) is 21.7. The lowest BCUT2D eigenvalue weighted by Crippen LogP contribution is -2.15. The van der Waals surface area contributed by atoms with E-state index in [2.05, 4.69) is 41.1 Å². The van der Waals surface area contributed by atoms with Crippen LogP contribution in [0.1, 0.15) is 50.9 Å². The fourth-order valence-electron chi connectivity index (χ4n) is 3.86. The molecule has 0 radical (unpaired) electrons. The molecule has 158 valence electrons. The van der Waals surface area contributed by atoms with Gasteiger partial charge in [-0.1, -0.05) is 43.3 Å². The summed E-state index contributed by atoms with van der Waals surface area (Å²) >= 11 is 0. The number of aromatic carboxylic acids is 1. The Bertz CT molecular complexity index is 1020. The molecule has 1 heterocycles. The number of nitrogens with zero attached hydrogens (tertiary/aromatic N) is 1. The van der Waals surface area contributed by atoms with E-state index in [4.69, 9.17) is 4.74 Å². The van der Waals surface area contributed by atoms with Crippen LogP contribution in [0.4, 0.5) is 0 Å². The van der Waals surface area contributed by atoms with Gasteiger partial charge in [-0.05, 0) is 49.1 Å². The Morgan fingerprint density at radius 1 is 1.00 bits per heavy atom. The number of carboxylic acids is 1. The van der Waals surface area contributed by atoms with Gasteiger partial charge in [0.05, 0.1) is 12.7 Å². The Hall–Kier alpha value is -3.05. The van der Waals surface area contributed by atoms with E-state index < -0.39 is 5.97 Å². The maximum atomic E-state index is 12.0. The Kier molecular flexibility index (Phi) is 6.95. The highest BCUT2D eigenvalue weighted by Crippen LogP contribution is 2.25. The average Bonchev–Trinajstić information content (AvgIpc) is 2.99. The predicted octanol–water partition coefficient (Wildman–Crippen LogP) is 4.71. The third-order valence-corrected chi connectivity index (χ3v) is 5.66. The summed E-state index contributed by atoms with van der Waals surface area (Å²) in [6.07, 6.45) is 1.02. The summed E-state index contributed by atoms with van der Waals surface area (Å²) in [7, 11) is 1.65. The van der Waals surface area contributed by atoms with Crippen LogP contribution in [0.3, 0.4) is 0 Å². The molecule has 0 aliphatic rings. The van der Waals surface area contributed by atoms with E-state index >= 15 is 0 Å². The third-order valence-electron chi connectivity index (χ3n) is 5.66. The molecule has 0 bridgehead atoms. The lowest BCUT2D eigenvalue weighted by Gasteiger charge is -2.11. The van der Waals surface area contributed by atoms with E-state index in [1.807, 2.05) is 38.1 Å². The predicted molar refractivity (Wildman–Crippen MR) is 119 cm³/mol. The van der Waals surface area contributed by atoms with Crippen molar-refractivity contribution in [3.63, 3.8) is 0 Å². The minimum absolute atomic E-state index is 0.393. The summed E-state index contributed by atoms with van der Waals surface area (Å²) in [6, 6.07) is 16.4. The van der Waals surface area contributed by atoms with E-state index in [1.165, 1.54) is 11.1 Å². The van der Waals surface area contributed by atoms with Crippen LogP contribution >= 0.6 is 0 Å². The summed E-state index contributed by atoms with van der Waals surface area (Å²) in [6.45, 7) is 7.82. The summed E-state index contributed by atoms with van der Waals surface area (Å²) in [5, 5.41) is 13.3. The summed E-state index contributed by atoms with van der Waals surface area (Å²) < 4.78 is 7.39. The fourth-order valence-corrected chi connectivity index (χ4v) is 3.86.